The van der Waals surface area contributed by atoms with Crippen LogP contribution in [0.2, 0.25) is 5.28 Å². The van der Waals surface area contributed by atoms with Gasteiger partial charge in [0.05, 0.1) is 5.39 Å². The summed E-state index contributed by atoms with van der Waals surface area (Å²) in [4.78, 5) is 9.40. The van der Waals surface area contributed by atoms with Gasteiger partial charge in [0.25, 0.3) is 0 Å². The minimum Gasteiger partial charge on any atom is -0.367 e. The molecular formula is C12H16ClN3S. The van der Waals surface area contributed by atoms with Crippen LogP contribution < -0.4 is 5.32 Å². The number of aromatic nitrogens is 2. The van der Waals surface area contributed by atoms with E-state index >= 15 is 0 Å². The van der Waals surface area contributed by atoms with Crippen LogP contribution in [0, 0.1) is 5.92 Å². The monoisotopic (exact) mass is 269 g/mol. The van der Waals surface area contributed by atoms with Crippen molar-refractivity contribution < 1.29 is 0 Å². The fourth-order valence-corrected chi connectivity index (χ4v) is 2.92. The summed E-state index contributed by atoms with van der Waals surface area (Å²) in [5, 5.41) is 6.78. The molecule has 1 unspecified atom stereocenters. The number of halogens is 1. The van der Waals surface area contributed by atoms with E-state index in [0.717, 1.165) is 22.5 Å². The summed E-state index contributed by atoms with van der Waals surface area (Å²) in [6.07, 6.45) is 1.10. The minimum absolute atomic E-state index is 0.305. The molecule has 3 nitrogen and oxygen atoms in total. The normalized spacial score (nSPS) is 13.2. The number of hydrogen-bond donors (Lipinski definition) is 1. The molecule has 0 fully saturated rings. The van der Waals surface area contributed by atoms with Gasteiger partial charge >= 0.3 is 0 Å². The van der Waals surface area contributed by atoms with Gasteiger partial charge < -0.3 is 5.32 Å². The lowest BCUT2D eigenvalue weighted by atomic mass is 10.1. The fraction of sp³-hybridized carbons (Fsp3) is 0.500. The van der Waals surface area contributed by atoms with Crippen molar-refractivity contribution >= 4 is 39.0 Å². The Balaban J connectivity index is 2.25. The Bertz CT molecular complexity index is 509. The van der Waals surface area contributed by atoms with Gasteiger partial charge in [0, 0.05) is 6.04 Å². The molecule has 1 atom stereocenters. The maximum atomic E-state index is 5.91. The summed E-state index contributed by atoms with van der Waals surface area (Å²) in [6.45, 7) is 6.59. The second-order valence-electron chi connectivity index (χ2n) is 4.66. The first-order valence-electron chi connectivity index (χ1n) is 5.73. The predicted octanol–water partition coefficient (Wildman–Crippen LogP) is 4.19. The van der Waals surface area contributed by atoms with E-state index in [2.05, 4.69) is 36.1 Å². The van der Waals surface area contributed by atoms with Crippen LogP contribution in [0.25, 0.3) is 10.2 Å². The van der Waals surface area contributed by atoms with E-state index in [1.54, 1.807) is 11.3 Å². The molecule has 0 spiro atoms. The molecule has 0 aliphatic carbocycles. The first kappa shape index (κ1) is 12.6. The molecule has 17 heavy (non-hydrogen) atoms. The third-order valence-corrected chi connectivity index (χ3v) is 3.48. The van der Waals surface area contributed by atoms with E-state index in [4.69, 9.17) is 11.6 Å². The first-order chi connectivity index (χ1) is 8.06. The van der Waals surface area contributed by atoms with E-state index in [1.807, 2.05) is 11.4 Å². The SMILES string of the molecule is CC(C)CC(C)Nc1nc(Cl)nc2sccc12. The third-order valence-electron chi connectivity index (χ3n) is 2.51. The first-order valence-corrected chi connectivity index (χ1v) is 6.99. The summed E-state index contributed by atoms with van der Waals surface area (Å²) in [7, 11) is 0. The molecule has 0 saturated carbocycles. The molecule has 1 N–H and O–H groups in total. The van der Waals surface area contributed by atoms with Crippen LogP contribution in [0.4, 0.5) is 5.82 Å². The number of rotatable bonds is 4. The maximum Gasteiger partial charge on any atom is 0.225 e. The van der Waals surface area contributed by atoms with E-state index in [1.165, 1.54) is 0 Å². The van der Waals surface area contributed by atoms with E-state index in [9.17, 15) is 0 Å². The summed E-state index contributed by atoms with van der Waals surface area (Å²) in [5.74, 6) is 1.50. The van der Waals surface area contributed by atoms with Crippen molar-refractivity contribution in [1.82, 2.24) is 9.97 Å². The highest BCUT2D eigenvalue weighted by Crippen LogP contribution is 2.27. The topological polar surface area (TPSA) is 37.8 Å². The molecule has 0 radical (unpaired) electrons. The summed E-state index contributed by atoms with van der Waals surface area (Å²) < 4.78 is 0. The Hall–Kier alpha value is -0.870. The Kier molecular flexibility index (Phi) is 3.84. The van der Waals surface area contributed by atoms with Crippen LogP contribution in [0.15, 0.2) is 11.4 Å². The third kappa shape index (κ3) is 3.07. The van der Waals surface area contributed by atoms with Gasteiger partial charge in [-0.2, -0.15) is 0 Å². The smallest absolute Gasteiger partial charge is 0.225 e. The lowest BCUT2D eigenvalue weighted by Crippen LogP contribution is -2.18. The summed E-state index contributed by atoms with van der Waals surface area (Å²) in [6, 6.07) is 2.41. The molecule has 0 aliphatic heterocycles. The Morgan fingerprint density at radius 3 is 2.82 bits per heavy atom. The molecule has 0 aromatic carbocycles. The van der Waals surface area contributed by atoms with Gasteiger partial charge in [-0.1, -0.05) is 13.8 Å². The fourth-order valence-electron chi connectivity index (χ4n) is 1.94. The zero-order chi connectivity index (χ0) is 12.4. The molecule has 0 amide bonds. The van der Waals surface area contributed by atoms with Gasteiger partial charge in [-0.25, -0.2) is 9.97 Å². The lowest BCUT2D eigenvalue weighted by molar-refractivity contribution is 0.539. The highest BCUT2D eigenvalue weighted by molar-refractivity contribution is 7.16. The van der Waals surface area contributed by atoms with E-state index in [-0.39, 0.29) is 0 Å². The molecule has 2 rings (SSSR count). The largest absolute Gasteiger partial charge is 0.367 e. The number of nitrogens with one attached hydrogen (secondary N) is 1. The van der Waals surface area contributed by atoms with Crippen molar-refractivity contribution in [3.05, 3.63) is 16.7 Å². The second-order valence-corrected chi connectivity index (χ2v) is 5.89. The van der Waals surface area contributed by atoms with E-state index < -0.39 is 0 Å². The molecule has 2 aromatic heterocycles. The average molecular weight is 270 g/mol. The average Bonchev–Trinajstić information content (AvgIpc) is 2.63. The summed E-state index contributed by atoms with van der Waals surface area (Å²) in [5.41, 5.74) is 0. The number of fused-ring (bicyclic) bond motifs is 1. The van der Waals surface area contributed by atoms with Crippen LogP contribution in [0.3, 0.4) is 0 Å². The summed E-state index contributed by atoms with van der Waals surface area (Å²) >= 11 is 7.50. The quantitative estimate of drug-likeness (QED) is 0.846. The van der Waals surface area contributed by atoms with E-state index in [0.29, 0.717) is 17.2 Å². The van der Waals surface area contributed by atoms with Crippen LogP contribution in [-0.4, -0.2) is 16.0 Å². The Labute approximate surface area is 110 Å². The van der Waals surface area contributed by atoms with Gasteiger partial charge in [0.1, 0.15) is 10.6 Å². The maximum absolute atomic E-state index is 5.91. The van der Waals surface area contributed by atoms with Gasteiger partial charge in [0.15, 0.2) is 0 Å². The van der Waals surface area contributed by atoms with Crippen LogP contribution >= 0.6 is 22.9 Å². The molecule has 92 valence electrons. The minimum atomic E-state index is 0.305. The van der Waals surface area contributed by atoms with Gasteiger partial charge in [-0.3, -0.25) is 0 Å². The van der Waals surface area contributed by atoms with Crippen molar-refractivity contribution in [3.63, 3.8) is 0 Å². The molecule has 2 aromatic rings. The van der Waals surface area contributed by atoms with Gasteiger partial charge in [0.2, 0.25) is 5.28 Å². The number of hydrogen-bond acceptors (Lipinski definition) is 4. The molecule has 0 aliphatic rings. The Morgan fingerprint density at radius 1 is 1.35 bits per heavy atom. The van der Waals surface area contributed by atoms with Crippen molar-refractivity contribution in [2.45, 2.75) is 33.2 Å². The zero-order valence-corrected chi connectivity index (χ0v) is 11.8. The highest BCUT2D eigenvalue weighted by atomic mass is 35.5. The number of thiophene rings is 1. The van der Waals surface area contributed by atoms with Crippen molar-refractivity contribution in [3.8, 4) is 0 Å². The molecule has 2 heterocycles. The lowest BCUT2D eigenvalue weighted by Gasteiger charge is -2.17. The van der Waals surface area contributed by atoms with Crippen LogP contribution in [-0.2, 0) is 0 Å². The van der Waals surface area contributed by atoms with Crippen molar-refractivity contribution in [1.29, 1.82) is 0 Å². The van der Waals surface area contributed by atoms with Gasteiger partial charge in [-0.05, 0) is 42.3 Å². The molecule has 0 saturated heterocycles. The highest BCUT2D eigenvalue weighted by Gasteiger charge is 2.11. The standard InChI is InChI=1S/C12H16ClN3S/c1-7(2)6-8(3)14-10-9-4-5-17-11(9)16-12(13)15-10/h4-5,7-8H,6H2,1-3H3,(H,14,15,16). The number of anilines is 1. The molecule has 0 bridgehead atoms. The van der Waals surface area contributed by atoms with Crippen molar-refractivity contribution in [2.24, 2.45) is 5.92 Å². The zero-order valence-electron chi connectivity index (χ0n) is 10.2. The van der Waals surface area contributed by atoms with Crippen LogP contribution in [0.1, 0.15) is 27.2 Å². The molecular weight excluding hydrogens is 254 g/mol. The van der Waals surface area contributed by atoms with Gasteiger partial charge in [-0.15, -0.1) is 11.3 Å². The number of nitrogens with zero attached hydrogens (tertiary/aromatic N) is 2. The second kappa shape index (κ2) is 5.19. The Morgan fingerprint density at radius 2 is 2.12 bits per heavy atom. The molecule has 5 heteroatoms. The predicted molar refractivity (Wildman–Crippen MR) is 75.0 cm³/mol. The van der Waals surface area contributed by atoms with Crippen molar-refractivity contribution in [2.75, 3.05) is 5.32 Å². The van der Waals surface area contributed by atoms with Crippen LogP contribution in [0.5, 0.6) is 0 Å².